The van der Waals surface area contributed by atoms with Crippen LogP contribution in [0.4, 0.5) is 10.1 Å². The van der Waals surface area contributed by atoms with Gasteiger partial charge < -0.3 is 14.9 Å². The van der Waals surface area contributed by atoms with E-state index in [1.54, 1.807) is 11.0 Å². The highest BCUT2D eigenvalue weighted by atomic mass is 35.5. The Balaban J connectivity index is 1.67. The van der Waals surface area contributed by atoms with E-state index in [4.69, 9.17) is 11.6 Å². The number of carbonyl (C=O) groups is 1. The Hall–Kier alpha value is -2.34. The van der Waals surface area contributed by atoms with Crippen LogP contribution in [-0.2, 0) is 0 Å². The average Bonchev–Trinajstić information content (AvgIpc) is 2.54. The van der Waals surface area contributed by atoms with E-state index in [1.165, 1.54) is 30.6 Å². The molecule has 1 aromatic heterocycles. The van der Waals surface area contributed by atoms with Crippen molar-refractivity contribution in [3.8, 4) is 5.75 Å². The number of amides is 1. The molecule has 7 heteroatoms. The van der Waals surface area contributed by atoms with E-state index in [0.29, 0.717) is 36.8 Å². The number of carbonyl (C=O) groups excluding carboxylic acids is 1. The highest BCUT2D eigenvalue weighted by Crippen LogP contribution is 2.27. The predicted molar refractivity (Wildman–Crippen MR) is 85.4 cm³/mol. The van der Waals surface area contributed by atoms with Crippen LogP contribution in [0.3, 0.4) is 0 Å². The summed E-state index contributed by atoms with van der Waals surface area (Å²) in [5.41, 5.74) is 1.12. The van der Waals surface area contributed by atoms with Crippen molar-refractivity contribution in [2.24, 2.45) is 0 Å². The topological polar surface area (TPSA) is 56.7 Å². The van der Waals surface area contributed by atoms with Crippen molar-refractivity contribution in [2.75, 3.05) is 31.1 Å². The molecule has 1 amide bonds. The van der Waals surface area contributed by atoms with E-state index >= 15 is 0 Å². The molecule has 0 radical (unpaired) electrons. The molecule has 1 fully saturated rings. The SMILES string of the molecule is O=C(c1cncc(O)c1)N1CCN(c2ccc(F)cc2Cl)CC1. The van der Waals surface area contributed by atoms with E-state index in [0.717, 1.165) is 5.69 Å². The first-order valence-electron chi connectivity index (χ1n) is 7.18. The van der Waals surface area contributed by atoms with Crippen molar-refractivity contribution < 1.29 is 14.3 Å². The lowest BCUT2D eigenvalue weighted by molar-refractivity contribution is 0.0746. The number of hydrogen-bond acceptors (Lipinski definition) is 4. The number of halogens is 2. The summed E-state index contributed by atoms with van der Waals surface area (Å²) in [4.78, 5) is 19.9. The van der Waals surface area contributed by atoms with Gasteiger partial charge in [0.25, 0.3) is 5.91 Å². The van der Waals surface area contributed by atoms with Crippen molar-refractivity contribution in [3.05, 3.63) is 53.1 Å². The summed E-state index contributed by atoms with van der Waals surface area (Å²) in [5.74, 6) is -0.574. The maximum absolute atomic E-state index is 13.1. The average molecular weight is 336 g/mol. The van der Waals surface area contributed by atoms with Gasteiger partial charge in [0.15, 0.2) is 0 Å². The normalized spacial score (nSPS) is 14.9. The molecule has 3 rings (SSSR count). The molecule has 5 nitrogen and oxygen atoms in total. The summed E-state index contributed by atoms with van der Waals surface area (Å²) < 4.78 is 13.1. The number of nitrogens with zero attached hydrogens (tertiary/aromatic N) is 3. The minimum absolute atomic E-state index is 0.0346. The van der Waals surface area contributed by atoms with Crippen LogP contribution in [0.25, 0.3) is 0 Å². The molecule has 1 N–H and O–H groups in total. The second kappa shape index (κ2) is 6.42. The zero-order chi connectivity index (χ0) is 16.4. The van der Waals surface area contributed by atoms with Crippen molar-refractivity contribution >= 4 is 23.2 Å². The molecule has 1 aromatic carbocycles. The predicted octanol–water partition coefficient (Wildman–Crippen LogP) is 2.54. The van der Waals surface area contributed by atoms with Gasteiger partial charge >= 0.3 is 0 Å². The number of benzene rings is 1. The molecule has 1 aliphatic heterocycles. The fourth-order valence-electron chi connectivity index (χ4n) is 2.62. The number of piperazine rings is 1. The molecule has 0 aliphatic carbocycles. The Morgan fingerprint density at radius 1 is 1.17 bits per heavy atom. The van der Waals surface area contributed by atoms with Gasteiger partial charge in [0.05, 0.1) is 22.5 Å². The second-order valence-corrected chi connectivity index (χ2v) is 5.71. The zero-order valence-corrected chi connectivity index (χ0v) is 13.0. The number of pyridine rings is 1. The van der Waals surface area contributed by atoms with E-state index in [9.17, 15) is 14.3 Å². The summed E-state index contributed by atoms with van der Waals surface area (Å²) in [5, 5.41) is 9.78. The number of hydrogen-bond donors (Lipinski definition) is 1. The van der Waals surface area contributed by atoms with Gasteiger partial charge in [-0.15, -0.1) is 0 Å². The van der Waals surface area contributed by atoms with Gasteiger partial charge in [-0.05, 0) is 24.3 Å². The third-order valence-electron chi connectivity index (χ3n) is 3.79. The van der Waals surface area contributed by atoms with Gasteiger partial charge in [-0.3, -0.25) is 9.78 Å². The van der Waals surface area contributed by atoms with Crippen molar-refractivity contribution in [2.45, 2.75) is 0 Å². The van der Waals surface area contributed by atoms with Gasteiger partial charge in [0, 0.05) is 32.4 Å². The first kappa shape index (κ1) is 15.6. The van der Waals surface area contributed by atoms with Crippen LogP contribution in [-0.4, -0.2) is 47.1 Å². The molecule has 1 aliphatic rings. The number of aromatic nitrogens is 1. The van der Waals surface area contributed by atoms with Gasteiger partial charge in [0.2, 0.25) is 0 Å². The Kier molecular flexibility index (Phi) is 4.34. The number of aromatic hydroxyl groups is 1. The van der Waals surface area contributed by atoms with Crippen molar-refractivity contribution in [1.82, 2.24) is 9.88 Å². The van der Waals surface area contributed by atoms with Crippen LogP contribution in [0.5, 0.6) is 5.75 Å². The highest BCUT2D eigenvalue weighted by Gasteiger charge is 2.23. The molecule has 23 heavy (non-hydrogen) atoms. The highest BCUT2D eigenvalue weighted by molar-refractivity contribution is 6.33. The zero-order valence-electron chi connectivity index (χ0n) is 12.2. The third kappa shape index (κ3) is 3.37. The van der Waals surface area contributed by atoms with Crippen LogP contribution in [0.2, 0.25) is 5.02 Å². The first-order valence-corrected chi connectivity index (χ1v) is 7.55. The van der Waals surface area contributed by atoms with Crippen molar-refractivity contribution in [1.29, 1.82) is 0 Å². The maximum Gasteiger partial charge on any atom is 0.255 e. The molecule has 0 bridgehead atoms. The monoisotopic (exact) mass is 335 g/mol. The molecular weight excluding hydrogens is 321 g/mol. The molecule has 120 valence electrons. The van der Waals surface area contributed by atoms with E-state index in [-0.39, 0.29) is 17.5 Å². The maximum atomic E-state index is 13.1. The Morgan fingerprint density at radius 3 is 2.57 bits per heavy atom. The summed E-state index contributed by atoms with van der Waals surface area (Å²) in [6.45, 7) is 2.23. The lowest BCUT2D eigenvalue weighted by Crippen LogP contribution is -2.48. The van der Waals surface area contributed by atoms with Crippen LogP contribution in [0.15, 0.2) is 36.7 Å². The largest absolute Gasteiger partial charge is 0.506 e. The van der Waals surface area contributed by atoms with Crippen LogP contribution in [0, 0.1) is 5.82 Å². The summed E-state index contributed by atoms with van der Waals surface area (Å²) in [6, 6.07) is 5.71. The summed E-state index contributed by atoms with van der Waals surface area (Å²) in [6.07, 6.45) is 2.72. The molecule has 2 aromatic rings. The van der Waals surface area contributed by atoms with Gasteiger partial charge in [0.1, 0.15) is 11.6 Å². The number of anilines is 1. The van der Waals surface area contributed by atoms with Crippen molar-refractivity contribution in [3.63, 3.8) is 0 Å². The fraction of sp³-hybridized carbons (Fsp3) is 0.250. The van der Waals surface area contributed by atoms with Gasteiger partial charge in [-0.25, -0.2) is 4.39 Å². The lowest BCUT2D eigenvalue weighted by atomic mass is 10.2. The fourth-order valence-corrected chi connectivity index (χ4v) is 2.90. The molecule has 0 atom stereocenters. The Labute approximate surface area is 137 Å². The molecule has 0 unspecified atom stereocenters. The summed E-state index contributed by atoms with van der Waals surface area (Å²) >= 11 is 6.08. The summed E-state index contributed by atoms with van der Waals surface area (Å²) in [7, 11) is 0. The minimum Gasteiger partial charge on any atom is -0.506 e. The Morgan fingerprint density at radius 2 is 1.91 bits per heavy atom. The van der Waals surface area contributed by atoms with Gasteiger partial charge in [-0.1, -0.05) is 11.6 Å². The quantitative estimate of drug-likeness (QED) is 0.916. The number of rotatable bonds is 2. The second-order valence-electron chi connectivity index (χ2n) is 5.31. The van der Waals surface area contributed by atoms with E-state index in [2.05, 4.69) is 4.98 Å². The molecular formula is C16H15ClFN3O2. The van der Waals surface area contributed by atoms with E-state index < -0.39 is 0 Å². The smallest absolute Gasteiger partial charge is 0.255 e. The third-order valence-corrected chi connectivity index (χ3v) is 4.09. The van der Waals surface area contributed by atoms with Crippen LogP contribution in [0.1, 0.15) is 10.4 Å². The molecule has 2 heterocycles. The first-order chi connectivity index (χ1) is 11.0. The Bertz CT molecular complexity index is 733. The molecule has 0 saturated carbocycles. The van der Waals surface area contributed by atoms with Gasteiger partial charge in [-0.2, -0.15) is 0 Å². The molecule has 1 saturated heterocycles. The van der Waals surface area contributed by atoms with Crippen LogP contribution >= 0.6 is 11.6 Å². The molecule has 0 spiro atoms. The lowest BCUT2D eigenvalue weighted by Gasteiger charge is -2.36. The van der Waals surface area contributed by atoms with Crippen LogP contribution < -0.4 is 4.90 Å². The minimum atomic E-state index is -0.371. The van der Waals surface area contributed by atoms with E-state index in [1.807, 2.05) is 4.90 Å². The standard InChI is InChI=1S/C16H15ClFN3O2/c17-14-8-12(18)1-2-15(14)20-3-5-21(6-4-20)16(23)11-7-13(22)10-19-9-11/h1-2,7-10,22H,3-6H2.